The molecular weight excluding hydrogens is 284 g/mol. The third-order valence-corrected chi connectivity index (χ3v) is 3.76. The average Bonchev–Trinajstić information content (AvgIpc) is 2.46. The van der Waals surface area contributed by atoms with Crippen molar-refractivity contribution in [2.75, 3.05) is 20.2 Å². The number of carbonyl (C=O) groups is 1. The van der Waals surface area contributed by atoms with Crippen molar-refractivity contribution in [3.8, 4) is 0 Å². The molecule has 7 heteroatoms. The lowest BCUT2D eigenvalue weighted by atomic mass is 10.1. The van der Waals surface area contributed by atoms with Gasteiger partial charge in [-0.15, -0.1) is 0 Å². The van der Waals surface area contributed by atoms with Gasteiger partial charge in [0.1, 0.15) is 5.02 Å². The van der Waals surface area contributed by atoms with Gasteiger partial charge in [0.2, 0.25) is 0 Å². The van der Waals surface area contributed by atoms with Crippen molar-refractivity contribution in [2.45, 2.75) is 18.9 Å². The highest BCUT2D eigenvalue weighted by Gasteiger charge is 2.24. The van der Waals surface area contributed by atoms with Gasteiger partial charge < -0.3 is 9.64 Å². The minimum atomic E-state index is -0.569. The number of nitrogens with zero attached hydrogens (tertiary/aromatic N) is 2. The Morgan fingerprint density at radius 1 is 1.45 bits per heavy atom. The fraction of sp³-hybridized carbons (Fsp3) is 0.462. The van der Waals surface area contributed by atoms with E-state index in [1.165, 1.54) is 18.2 Å². The van der Waals surface area contributed by atoms with Gasteiger partial charge in [-0.3, -0.25) is 14.9 Å². The van der Waals surface area contributed by atoms with Gasteiger partial charge in [-0.05, 0) is 25.0 Å². The third-order valence-electron chi connectivity index (χ3n) is 3.45. The Morgan fingerprint density at radius 3 is 2.60 bits per heavy atom. The van der Waals surface area contributed by atoms with Crippen LogP contribution in [0.3, 0.4) is 0 Å². The van der Waals surface area contributed by atoms with Crippen molar-refractivity contribution in [1.29, 1.82) is 0 Å². The molecule has 1 aliphatic heterocycles. The highest BCUT2D eigenvalue weighted by atomic mass is 35.5. The lowest BCUT2D eigenvalue weighted by Crippen LogP contribution is -2.40. The van der Waals surface area contributed by atoms with E-state index in [0.717, 1.165) is 12.8 Å². The van der Waals surface area contributed by atoms with Crippen molar-refractivity contribution in [3.63, 3.8) is 0 Å². The zero-order valence-corrected chi connectivity index (χ0v) is 11.8. The van der Waals surface area contributed by atoms with E-state index in [1.807, 2.05) is 0 Å². The summed E-state index contributed by atoms with van der Waals surface area (Å²) in [5, 5.41) is 10.7. The Morgan fingerprint density at radius 2 is 2.10 bits per heavy atom. The molecule has 0 spiro atoms. The number of methoxy groups -OCH3 is 1. The second-order valence-electron chi connectivity index (χ2n) is 4.65. The van der Waals surface area contributed by atoms with Crippen LogP contribution in [0.25, 0.3) is 0 Å². The number of rotatable bonds is 3. The summed E-state index contributed by atoms with van der Waals surface area (Å²) >= 11 is 5.82. The van der Waals surface area contributed by atoms with Gasteiger partial charge in [0.15, 0.2) is 0 Å². The van der Waals surface area contributed by atoms with E-state index in [1.54, 1.807) is 12.0 Å². The van der Waals surface area contributed by atoms with Crippen LogP contribution in [0.4, 0.5) is 5.69 Å². The standard InChI is InChI=1S/C13H15ClN2O4/c1-20-10-4-6-15(7-5-10)13(17)9-2-3-12(16(18)19)11(14)8-9/h2-3,8,10H,4-7H2,1H3. The van der Waals surface area contributed by atoms with Crippen LogP contribution in [0.2, 0.25) is 5.02 Å². The van der Waals surface area contributed by atoms with Crippen LogP contribution in [-0.2, 0) is 4.74 Å². The molecule has 0 aliphatic carbocycles. The molecule has 0 aromatic heterocycles. The minimum absolute atomic E-state index is 0.0207. The predicted molar refractivity (Wildman–Crippen MR) is 74.0 cm³/mol. The zero-order valence-electron chi connectivity index (χ0n) is 11.0. The fourth-order valence-corrected chi connectivity index (χ4v) is 2.51. The number of likely N-dealkylation sites (tertiary alicyclic amines) is 1. The topological polar surface area (TPSA) is 72.7 Å². The number of carbonyl (C=O) groups excluding carboxylic acids is 1. The van der Waals surface area contributed by atoms with Crippen molar-refractivity contribution >= 4 is 23.2 Å². The third kappa shape index (κ3) is 3.08. The van der Waals surface area contributed by atoms with Gasteiger partial charge in [0, 0.05) is 31.8 Å². The number of benzene rings is 1. The molecule has 0 radical (unpaired) electrons. The molecule has 1 saturated heterocycles. The maximum absolute atomic E-state index is 12.3. The molecule has 108 valence electrons. The lowest BCUT2D eigenvalue weighted by molar-refractivity contribution is -0.384. The van der Waals surface area contributed by atoms with Gasteiger partial charge >= 0.3 is 0 Å². The molecule has 1 amide bonds. The molecule has 1 heterocycles. The maximum atomic E-state index is 12.3. The minimum Gasteiger partial charge on any atom is -0.381 e. The number of amides is 1. The normalized spacial score (nSPS) is 16.2. The van der Waals surface area contributed by atoms with Crippen LogP contribution in [0.15, 0.2) is 18.2 Å². The fourth-order valence-electron chi connectivity index (χ4n) is 2.27. The molecule has 20 heavy (non-hydrogen) atoms. The van der Waals surface area contributed by atoms with E-state index >= 15 is 0 Å². The first kappa shape index (κ1) is 14.7. The molecule has 0 N–H and O–H groups in total. The number of nitro groups is 1. The zero-order chi connectivity index (χ0) is 14.7. The van der Waals surface area contributed by atoms with Crippen LogP contribution in [0, 0.1) is 10.1 Å². The predicted octanol–water partition coefficient (Wildman–Crippen LogP) is 2.50. The molecular formula is C13H15ClN2O4. The largest absolute Gasteiger partial charge is 0.381 e. The smallest absolute Gasteiger partial charge is 0.287 e. The van der Waals surface area contributed by atoms with Crippen molar-refractivity contribution in [3.05, 3.63) is 38.9 Å². The van der Waals surface area contributed by atoms with Gasteiger partial charge in [-0.1, -0.05) is 11.6 Å². The van der Waals surface area contributed by atoms with E-state index < -0.39 is 4.92 Å². The first-order valence-electron chi connectivity index (χ1n) is 6.29. The molecule has 6 nitrogen and oxygen atoms in total. The summed E-state index contributed by atoms with van der Waals surface area (Å²) in [4.78, 5) is 24.1. The highest BCUT2D eigenvalue weighted by molar-refractivity contribution is 6.33. The molecule has 0 bridgehead atoms. The van der Waals surface area contributed by atoms with Gasteiger partial charge in [-0.2, -0.15) is 0 Å². The Hall–Kier alpha value is -1.66. The quantitative estimate of drug-likeness (QED) is 0.635. The number of piperidine rings is 1. The summed E-state index contributed by atoms with van der Waals surface area (Å²) in [6.07, 6.45) is 1.78. The molecule has 1 fully saturated rings. The van der Waals surface area contributed by atoms with Gasteiger partial charge in [0.05, 0.1) is 11.0 Å². The maximum Gasteiger partial charge on any atom is 0.287 e. The molecule has 0 unspecified atom stereocenters. The average molecular weight is 299 g/mol. The number of ether oxygens (including phenoxy) is 1. The molecule has 0 atom stereocenters. The van der Waals surface area contributed by atoms with E-state index in [0.29, 0.717) is 18.7 Å². The Kier molecular flexibility index (Phi) is 4.57. The number of hydrogen-bond acceptors (Lipinski definition) is 4. The SMILES string of the molecule is COC1CCN(C(=O)c2ccc([N+](=O)[O-])c(Cl)c2)CC1. The van der Waals surface area contributed by atoms with E-state index in [9.17, 15) is 14.9 Å². The molecule has 1 aliphatic rings. The molecule has 1 aromatic rings. The molecule has 1 aromatic carbocycles. The summed E-state index contributed by atoms with van der Waals surface area (Å²) < 4.78 is 5.25. The van der Waals surface area contributed by atoms with E-state index in [-0.39, 0.29) is 22.7 Å². The Labute approximate surface area is 121 Å². The number of nitro benzene ring substituents is 1. The van der Waals surface area contributed by atoms with Crippen LogP contribution in [0.5, 0.6) is 0 Å². The first-order chi connectivity index (χ1) is 9.52. The van der Waals surface area contributed by atoms with Gasteiger partial charge in [0.25, 0.3) is 11.6 Å². The van der Waals surface area contributed by atoms with E-state index in [4.69, 9.17) is 16.3 Å². The highest BCUT2D eigenvalue weighted by Crippen LogP contribution is 2.26. The molecule has 2 rings (SSSR count). The van der Waals surface area contributed by atoms with Gasteiger partial charge in [-0.25, -0.2) is 0 Å². The van der Waals surface area contributed by atoms with Crippen LogP contribution in [0.1, 0.15) is 23.2 Å². The van der Waals surface area contributed by atoms with E-state index in [2.05, 4.69) is 0 Å². The lowest BCUT2D eigenvalue weighted by Gasteiger charge is -2.31. The summed E-state index contributed by atoms with van der Waals surface area (Å²) in [5.41, 5.74) is 0.178. The van der Waals surface area contributed by atoms with Crippen LogP contribution in [-0.4, -0.2) is 42.0 Å². The summed E-state index contributed by atoms with van der Waals surface area (Å²) in [5.74, 6) is -0.156. The van der Waals surface area contributed by atoms with Crippen LogP contribution < -0.4 is 0 Å². The molecule has 0 saturated carbocycles. The first-order valence-corrected chi connectivity index (χ1v) is 6.66. The van der Waals surface area contributed by atoms with Crippen LogP contribution >= 0.6 is 11.6 Å². The van der Waals surface area contributed by atoms with Crippen molar-refractivity contribution in [1.82, 2.24) is 4.90 Å². The second kappa shape index (κ2) is 6.19. The summed E-state index contributed by atoms with van der Waals surface area (Å²) in [6, 6.07) is 4.05. The summed E-state index contributed by atoms with van der Waals surface area (Å²) in [6.45, 7) is 1.23. The number of hydrogen-bond donors (Lipinski definition) is 0. The summed E-state index contributed by atoms with van der Waals surface area (Å²) in [7, 11) is 1.66. The Bertz CT molecular complexity index is 527. The second-order valence-corrected chi connectivity index (χ2v) is 5.06. The number of halogens is 1. The van der Waals surface area contributed by atoms with Crippen molar-refractivity contribution < 1.29 is 14.5 Å². The van der Waals surface area contributed by atoms with Crippen molar-refractivity contribution in [2.24, 2.45) is 0 Å². The Balaban J connectivity index is 2.10. The monoisotopic (exact) mass is 298 g/mol.